The van der Waals surface area contributed by atoms with Gasteiger partial charge in [0, 0.05) is 51.2 Å². The van der Waals surface area contributed by atoms with E-state index in [1.165, 1.54) is 0 Å². The maximum absolute atomic E-state index is 12.4. The number of hydrogen-bond donors (Lipinski definition) is 0. The zero-order chi connectivity index (χ0) is 21.8. The second-order valence-electron chi connectivity index (χ2n) is 7.98. The lowest BCUT2D eigenvalue weighted by molar-refractivity contribution is -0.152. The SMILES string of the molecule is Cc1cc2occ(CC(=O)OCC(=O)N3CCN(CC(=O)N(C)C)CC3)c2cc1C. The molecule has 1 aromatic carbocycles. The van der Waals surface area contributed by atoms with E-state index in [1.54, 1.807) is 30.2 Å². The van der Waals surface area contributed by atoms with Crippen LogP contribution in [0.4, 0.5) is 0 Å². The highest BCUT2D eigenvalue weighted by molar-refractivity contribution is 5.87. The average molecular weight is 415 g/mol. The van der Waals surface area contributed by atoms with E-state index in [-0.39, 0.29) is 24.8 Å². The van der Waals surface area contributed by atoms with Crippen LogP contribution in [0.25, 0.3) is 11.0 Å². The Morgan fingerprint density at radius 1 is 1.07 bits per heavy atom. The molecule has 1 fully saturated rings. The molecule has 0 aliphatic carbocycles. The average Bonchev–Trinajstić information content (AvgIpc) is 3.08. The van der Waals surface area contributed by atoms with Crippen LogP contribution in [0, 0.1) is 13.8 Å². The number of carbonyl (C=O) groups excluding carboxylic acids is 3. The minimum Gasteiger partial charge on any atom is -0.464 e. The van der Waals surface area contributed by atoms with Gasteiger partial charge < -0.3 is 19.0 Å². The van der Waals surface area contributed by atoms with Crippen molar-refractivity contribution in [2.45, 2.75) is 20.3 Å². The van der Waals surface area contributed by atoms with Crippen LogP contribution < -0.4 is 0 Å². The van der Waals surface area contributed by atoms with E-state index in [4.69, 9.17) is 9.15 Å². The van der Waals surface area contributed by atoms with Crippen LogP contribution in [-0.2, 0) is 25.5 Å². The monoisotopic (exact) mass is 415 g/mol. The van der Waals surface area contributed by atoms with Crippen molar-refractivity contribution in [3.63, 3.8) is 0 Å². The standard InChI is InChI=1S/C22H29N3O5/c1-15-9-18-17(13-29-19(18)10-16(15)2)11-22(28)30-14-21(27)25-7-5-24(6-8-25)12-20(26)23(3)4/h9-10,13H,5-8,11-12,14H2,1-4H3. The molecule has 3 rings (SSSR count). The number of benzene rings is 1. The summed E-state index contributed by atoms with van der Waals surface area (Å²) in [6.45, 7) is 6.38. The Hall–Kier alpha value is -2.87. The molecule has 30 heavy (non-hydrogen) atoms. The molecule has 8 nitrogen and oxygen atoms in total. The van der Waals surface area contributed by atoms with E-state index < -0.39 is 5.97 Å². The van der Waals surface area contributed by atoms with E-state index in [2.05, 4.69) is 0 Å². The molecule has 0 saturated carbocycles. The van der Waals surface area contributed by atoms with Gasteiger partial charge in [-0.1, -0.05) is 0 Å². The molecule has 0 bridgehead atoms. The molecule has 2 aromatic rings. The van der Waals surface area contributed by atoms with Gasteiger partial charge in [-0.25, -0.2) is 0 Å². The fraction of sp³-hybridized carbons (Fsp3) is 0.500. The summed E-state index contributed by atoms with van der Waals surface area (Å²) in [7, 11) is 3.45. The highest BCUT2D eigenvalue weighted by Crippen LogP contribution is 2.25. The molecular formula is C22H29N3O5. The number of rotatable bonds is 6. The second-order valence-corrected chi connectivity index (χ2v) is 7.98. The van der Waals surface area contributed by atoms with Crippen molar-refractivity contribution in [1.82, 2.24) is 14.7 Å². The molecule has 1 saturated heterocycles. The molecular weight excluding hydrogens is 386 g/mol. The topological polar surface area (TPSA) is 83.3 Å². The summed E-state index contributed by atoms with van der Waals surface area (Å²) in [5.41, 5.74) is 3.75. The van der Waals surface area contributed by atoms with Gasteiger partial charge in [-0.3, -0.25) is 19.3 Å². The lowest BCUT2D eigenvalue weighted by Gasteiger charge is -2.34. The van der Waals surface area contributed by atoms with Gasteiger partial charge in [0.15, 0.2) is 6.61 Å². The number of furan rings is 1. The first-order chi connectivity index (χ1) is 14.2. The van der Waals surface area contributed by atoms with Crippen molar-refractivity contribution in [2.75, 3.05) is 53.4 Å². The third-order valence-electron chi connectivity index (χ3n) is 5.54. The van der Waals surface area contributed by atoms with Crippen LogP contribution in [0.3, 0.4) is 0 Å². The second kappa shape index (κ2) is 9.30. The van der Waals surface area contributed by atoms with Gasteiger partial charge in [0.05, 0.1) is 19.2 Å². The Balaban J connectivity index is 1.46. The van der Waals surface area contributed by atoms with Crippen molar-refractivity contribution >= 4 is 28.8 Å². The van der Waals surface area contributed by atoms with Gasteiger partial charge >= 0.3 is 5.97 Å². The molecule has 0 N–H and O–H groups in total. The number of esters is 1. The molecule has 8 heteroatoms. The van der Waals surface area contributed by atoms with Crippen LogP contribution >= 0.6 is 0 Å². The summed E-state index contributed by atoms with van der Waals surface area (Å²) in [4.78, 5) is 41.7. The number of hydrogen-bond acceptors (Lipinski definition) is 6. The predicted octanol–water partition coefficient (Wildman–Crippen LogP) is 1.37. The molecule has 2 amide bonds. The number of nitrogens with zero attached hydrogens (tertiary/aromatic N) is 3. The van der Waals surface area contributed by atoms with E-state index >= 15 is 0 Å². The Kier molecular flexibility index (Phi) is 6.77. The predicted molar refractivity (Wildman–Crippen MR) is 112 cm³/mol. The van der Waals surface area contributed by atoms with Crippen LogP contribution in [0.5, 0.6) is 0 Å². The fourth-order valence-corrected chi connectivity index (χ4v) is 3.40. The Morgan fingerprint density at radius 2 is 1.73 bits per heavy atom. The third kappa shape index (κ3) is 5.18. The Bertz CT molecular complexity index is 942. The zero-order valence-corrected chi connectivity index (χ0v) is 18.1. The number of fused-ring (bicyclic) bond motifs is 1. The molecule has 162 valence electrons. The van der Waals surface area contributed by atoms with Crippen molar-refractivity contribution < 1.29 is 23.5 Å². The van der Waals surface area contributed by atoms with Crippen LogP contribution in [0.15, 0.2) is 22.8 Å². The summed E-state index contributed by atoms with van der Waals surface area (Å²) in [5, 5.41) is 0.893. The maximum atomic E-state index is 12.4. The van der Waals surface area contributed by atoms with Gasteiger partial charge in [0.25, 0.3) is 5.91 Å². The van der Waals surface area contributed by atoms with Crippen molar-refractivity contribution in [3.8, 4) is 0 Å². The van der Waals surface area contributed by atoms with Gasteiger partial charge in [0.2, 0.25) is 5.91 Å². The van der Waals surface area contributed by atoms with Crippen molar-refractivity contribution in [1.29, 1.82) is 0 Å². The molecule has 1 aliphatic rings. The van der Waals surface area contributed by atoms with Gasteiger partial charge in [-0.15, -0.1) is 0 Å². The number of piperazine rings is 1. The van der Waals surface area contributed by atoms with E-state index in [0.29, 0.717) is 32.7 Å². The van der Waals surface area contributed by atoms with E-state index in [0.717, 1.165) is 27.7 Å². The summed E-state index contributed by atoms with van der Waals surface area (Å²) < 4.78 is 10.8. The largest absolute Gasteiger partial charge is 0.464 e. The van der Waals surface area contributed by atoms with Gasteiger partial charge in [-0.05, 0) is 37.1 Å². The molecule has 2 heterocycles. The van der Waals surface area contributed by atoms with Crippen LogP contribution in [0.2, 0.25) is 0 Å². The highest BCUT2D eigenvalue weighted by Gasteiger charge is 2.24. The summed E-state index contributed by atoms with van der Waals surface area (Å²) in [5.74, 6) is -0.634. The maximum Gasteiger partial charge on any atom is 0.310 e. The smallest absolute Gasteiger partial charge is 0.310 e. The minimum absolute atomic E-state index is 0.0424. The van der Waals surface area contributed by atoms with Crippen molar-refractivity contribution in [3.05, 3.63) is 35.1 Å². The number of aryl methyl sites for hydroxylation is 2. The number of likely N-dealkylation sites (N-methyl/N-ethyl adjacent to an activating group) is 1. The Labute approximate surface area is 176 Å². The van der Waals surface area contributed by atoms with E-state index in [1.807, 2.05) is 30.9 Å². The first kappa shape index (κ1) is 21.8. The Morgan fingerprint density at radius 3 is 2.40 bits per heavy atom. The third-order valence-corrected chi connectivity index (χ3v) is 5.54. The normalized spacial score (nSPS) is 14.7. The molecule has 0 unspecified atom stereocenters. The van der Waals surface area contributed by atoms with Gasteiger partial charge in [0.1, 0.15) is 5.58 Å². The van der Waals surface area contributed by atoms with Crippen LogP contribution in [-0.4, -0.2) is 85.9 Å². The molecule has 0 radical (unpaired) electrons. The minimum atomic E-state index is -0.459. The first-order valence-electron chi connectivity index (χ1n) is 10.1. The molecule has 0 spiro atoms. The zero-order valence-electron chi connectivity index (χ0n) is 18.1. The fourth-order valence-electron chi connectivity index (χ4n) is 3.40. The highest BCUT2D eigenvalue weighted by atomic mass is 16.5. The number of amides is 2. The van der Waals surface area contributed by atoms with E-state index in [9.17, 15) is 14.4 Å². The molecule has 0 atom stereocenters. The number of ether oxygens (including phenoxy) is 1. The van der Waals surface area contributed by atoms with Gasteiger partial charge in [-0.2, -0.15) is 0 Å². The first-order valence-corrected chi connectivity index (χ1v) is 10.1. The summed E-state index contributed by atoms with van der Waals surface area (Å²) in [6.07, 6.45) is 1.63. The quantitative estimate of drug-likeness (QED) is 0.663. The lowest BCUT2D eigenvalue weighted by atomic mass is 10.0. The molecule has 1 aliphatic heterocycles. The summed E-state index contributed by atoms with van der Waals surface area (Å²) >= 11 is 0. The summed E-state index contributed by atoms with van der Waals surface area (Å²) in [6, 6.07) is 3.96. The van der Waals surface area contributed by atoms with Crippen LogP contribution in [0.1, 0.15) is 16.7 Å². The lowest BCUT2D eigenvalue weighted by Crippen LogP contribution is -2.51. The molecule has 1 aromatic heterocycles. The van der Waals surface area contributed by atoms with Crippen molar-refractivity contribution in [2.24, 2.45) is 0 Å². The number of carbonyl (C=O) groups is 3.